The molecule has 0 unspecified atom stereocenters. The maximum Gasteiger partial charge on any atom is 0.224 e. The molecule has 23 heavy (non-hydrogen) atoms. The molecule has 3 rings (SSSR count). The van der Waals surface area contributed by atoms with Crippen LogP contribution in [0.5, 0.6) is 0 Å². The fourth-order valence-corrected chi connectivity index (χ4v) is 3.55. The van der Waals surface area contributed by atoms with Gasteiger partial charge in [-0.05, 0) is 56.5 Å². The lowest BCUT2D eigenvalue weighted by Gasteiger charge is -2.22. The average molecular weight is 310 g/mol. The van der Waals surface area contributed by atoms with E-state index in [4.69, 9.17) is 0 Å². The van der Waals surface area contributed by atoms with Crippen molar-refractivity contribution in [2.24, 2.45) is 0 Å². The summed E-state index contributed by atoms with van der Waals surface area (Å²) in [7, 11) is 0. The van der Waals surface area contributed by atoms with Crippen LogP contribution in [-0.4, -0.2) is 16.5 Å². The van der Waals surface area contributed by atoms with Crippen LogP contribution in [0, 0.1) is 13.8 Å². The third-order valence-electron chi connectivity index (χ3n) is 4.80. The largest absolute Gasteiger partial charge is 0.353 e. The molecular formula is C20H26N2O. The first-order valence-corrected chi connectivity index (χ1v) is 8.67. The molecule has 1 aliphatic rings. The molecule has 1 saturated carbocycles. The van der Waals surface area contributed by atoms with E-state index in [9.17, 15) is 4.79 Å². The van der Waals surface area contributed by atoms with Crippen LogP contribution in [-0.2, 0) is 11.2 Å². The predicted molar refractivity (Wildman–Crippen MR) is 94.0 cm³/mol. The third-order valence-corrected chi connectivity index (χ3v) is 4.80. The highest BCUT2D eigenvalue weighted by Gasteiger charge is 2.15. The Morgan fingerprint density at radius 3 is 2.22 bits per heavy atom. The van der Waals surface area contributed by atoms with Gasteiger partial charge in [-0.2, -0.15) is 0 Å². The van der Waals surface area contributed by atoms with E-state index in [1.54, 1.807) is 0 Å². The topological polar surface area (TPSA) is 34.0 Å². The minimum Gasteiger partial charge on any atom is -0.353 e. The summed E-state index contributed by atoms with van der Waals surface area (Å²) in [4.78, 5) is 12.2. The summed E-state index contributed by atoms with van der Waals surface area (Å²) >= 11 is 0. The highest BCUT2D eigenvalue weighted by atomic mass is 16.1. The summed E-state index contributed by atoms with van der Waals surface area (Å²) < 4.78 is 2.23. The summed E-state index contributed by atoms with van der Waals surface area (Å²) in [5.74, 6) is 0.151. The summed E-state index contributed by atoms with van der Waals surface area (Å²) in [6.45, 7) is 4.22. The third kappa shape index (κ3) is 3.84. The second kappa shape index (κ2) is 7.03. The first-order chi connectivity index (χ1) is 11.1. The number of hydrogen-bond donors (Lipinski definition) is 1. The van der Waals surface area contributed by atoms with Crippen LogP contribution in [0.1, 0.15) is 49.1 Å². The molecule has 0 bridgehead atoms. The number of rotatable bonds is 4. The number of amides is 1. The van der Waals surface area contributed by atoms with Crippen molar-refractivity contribution in [3.8, 4) is 5.69 Å². The van der Waals surface area contributed by atoms with Crippen LogP contribution < -0.4 is 5.32 Å². The Kier molecular flexibility index (Phi) is 4.85. The van der Waals surface area contributed by atoms with Crippen LogP contribution in [0.15, 0.2) is 36.4 Å². The molecule has 0 saturated heterocycles. The van der Waals surface area contributed by atoms with Gasteiger partial charge in [-0.1, -0.05) is 31.4 Å². The Balaban J connectivity index is 1.62. The monoisotopic (exact) mass is 310 g/mol. The zero-order valence-electron chi connectivity index (χ0n) is 14.1. The van der Waals surface area contributed by atoms with Crippen molar-refractivity contribution >= 4 is 5.91 Å². The fourth-order valence-electron chi connectivity index (χ4n) is 3.55. The summed E-state index contributed by atoms with van der Waals surface area (Å²) in [5, 5.41) is 3.18. The normalized spacial score (nSPS) is 15.6. The van der Waals surface area contributed by atoms with Crippen LogP contribution in [0.2, 0.25) is 0 Å². The van der Waals surface area contributed by atoms with Gasteiger partial charge in [-0.25, -0.2) is 0 Å². The second-order valence-corrected chi connectivity index (χ2v) is 6.70. The molecular weight excluding hydrogens is 284 g/mol. The predicted octanol–water partition coefficient (Wildman–Crippen LogP) is 4.09. The Morgan fingerprint density at radius 1 is 1.00 bits per heavy atom. The summed E-state index contributed by atoms with van der Waals surface area (Å²) in [6, 6.07) is 13.0. The Morgan fingerprint density at radius 2 is 1.61 bits per heavy atom. The van der Waals surface area contributed by atoms with Gasteiger partial charge in [-0.3, -0.25) is 4.79 Å². The van der Waals surface area contributed by atoms with E-state index in [1.807, 2.05) is 0 Å². The summed E-state index contributed by atoms with van der Waals surface area (Å²) in [5.41, 5.74) is 4.68. The maximum atomic E-state index is 12.2. The van der Waals surface area contributed by atoms with E-state index in [1.165, 1.54) is 30.7 Å². The number of hydrogen-bond acceptors (Lipinski definition) is 1. The minimum atomic E-state index is 0.151. The maximum absolute atomic E-state index is 12.2. The molecule has 0 atom stereocenters. The molecule has 1 heterocycles. The molecule has 3 heteroatoms. The lowest BCUT2D eigenvalue weighted by atomic mass is 9.95. The lowest BCUT2D eigenvalue weighted by Crippen LogP contribution is -2.37. The van der Waals surface area contributed by atoms with Crippen molar-refractivity contribution in [1.29, 1.82) is 0 Å². The molecule has 122 valence electrons. The van der Waals surface area contributed by atoms with Gasteiger partial charge >= 0.3 is 0 Å². The van der Waals surface area contributed by atoms with E-state index < -0.39 is 0 Å². The van der Waals surface area contributed by atoms with Crippen LogP contribution in [0.25, 0.3) is 5.69 Å². The summed E-state index contributed by atoms with van der Waals surface area (Å²) in [6.07, 6.45) is 6.55. The van der Waals surface area contributed by atoms with Crippen LogP contribution in [0.3, 0.4) is 0 Å². The van der Waals surface area contributed by atoms with Crippen molar-refractivity contribution in [1.82, 2.24) is 9.88 Å². The van der Waals surface area contributed by atoms with Gasteiger partial charge < -0.3 is 9.88 Å². The van der Waals surface area contributed by atoms with Gasteiger partial charge in [0.25, 0.3) is 0 Å². The number of nitrogens with one attached hydrogen (secondary N) is 1. The van der Waals surface area contributed by atoms with Crippen molar-refractivity contribution in [3.63, 3.8) is 0 Å². The molecule has 0 radical (unpaired) electrons. The van der Waals surface area contributed by atoms with E-state index in [0.29, 0.717) is 12.5 Å². The van der Waals surface area contributed by atoms with Gasteiger partial charge in [0.05, 0.1) is 6.42 Å². The Labute approximate surface area is 138 Å². The second-order valence-electron chi connectivity index (χ2n) is 6.70. The molecule has 1 aromatic heterocycles. The number of aromatic nitrogens is 1. The van der Waals surface area contributed by atoms with E-state index >= 15 is 0 Å². The number of nitrogens with zero attached hydrogens (tertiary/aromatic N) is 1. The SMILES string of the molecule is Cc1ccc(C)n1-c1ccc(CC(=O)NC2CCCCC2)cc1. The molecule has 3 nitrogen and oxygen atoms in total. The quantitative estimate of drug-likeness (QED) is 0.907. The number of aryl methyl sites for hydroxylation is 2. The van der Waals surface area contributed by atoms with E-state index in [2.05, 4.69) is 60.1 Å². The van der Waals surface area contributed by atoms with Crippen molar-refractivity contribution in [2.45, 2.75) is 58.4 Å². The first-order valence-electron chi connectivity index (χ1n) is 8.67. The van der Waals surface area contributed by atoms with Gasteiger partial charge in [-0.15, -0.1) is 0 Å². The van der Waals surface area contributed by atoms with Gasteiger partial charge in [0.2, 0.25) is 5.91 Å². The van der Waals surface area contributed by atoms with E-state index in [-0.39, 0.29) is 5.91 Å². The minimum absolute atomic E-state index is 0.151. The molecule has 1 aromatic carbocycles. The molecule has 2 aromatic rings. The molecule has 1 aliphatic carbocycles. The molecule has 1 N–H and O–H groups in total. The van der Waals surface area contributed by atoms with Crippen molar-refractivity contribution in [3.05, 3.63) is 53.3 Å². The first kappa shape index (κ1) is 15.9. The van der Waals surface area contributed by atoms with Crippen molar-refractivity contribution < 1.29 is 4.79 Å². The lowest BCUT2D eigenvalue weighted by molar-refractivity contribution is -0.121. The van der Waals surface area contributed by atoms with E-state index in [0.717, 1.165) is 24.1 Å². The highest BCUT2D eigenvalue weighted by Crippen LogP contribution is 2.19. The molecule has 1 fully saturated rings. The van der Waals surface area contributed by atoms with Crippen LogP contribution >= 0.6 is 0 Å². The zero-order chi connectivity index (χ0) is 16.2. The fraction of sp³-hybridized carbons (Fsp3) is 0.450. The Bertz CT molecular complexity index is 644. The number of carbonyl (C=O) groups excluding carboxylic acids is 1. The van der Waals surface area contributed by atoms with Crippen LogP contribution in [0.4, 0.5) is 0 Å². The molecule has 1 amide bonds. The standard InChI is InChI=1S/C20H26N2O/c1-15-8-9-16(2)22(15)19-12-10-17(11-13-19)14-20(23)21-18-6-4-3-5-7-18/h8-13,18H,3-7,14H2,1-2H3,(H,21,23). The highest BCUT2D eigenvalue weighted by molar-refractivity contribution is 5.78. The molecule has 0 spiro atoms. The van der Waals surface area contributed by atoms with Gasteiger partial charge in [0.15, 0.2) is 0 Å². The van der Waals surface area contributed by atoms with Gasteiger partial charge in [0, 0.05) is 23.1 Å². The number of benzene rings is 1. The van der Waals surface area contributed by atoms with Crippen molar-refractivity contribution in [2.75, 3.05) is 0 Å². The average Bonchev–Trinajstić information content (AvgIpc) is 2.88. The smallest absolute Gasteiger partial charge is 0.224 e. The Hall–Kier alpha value is -2.03. The number of carbonyl (C=O) groups is 1. The van der Waals surface area contributed by atoms with Gasteiger partial charge in [0.1, 0.15) is 0 Å². The zero-order valence-corrected chi connectivity index (χ0v) is 14.1. The molecule has 0 aliphatic heterocycles.